The summed E-state index contributed by atoms with van der Waals surface area (Å²) < 4.78 is 0. The van der Waals surface area contributed by atoms with Gasteiger partial charge in [0.15, 0.2) is 0 Å². The highest BCUT2D eigenvalue weighted by Gasteiger charge is 2.41. The number of pyridine rings is 1. The van der Waals surface area contributed by atoms with E-state index in [1.165, 1.54) is 0 Å². The lowest BCUT2D eigenvalue weighted by Crippen LogP contribution is -2.43. The van der Waals surface area contributed by atoms with Crippen LogP contribution in [0.15, 0.2) is 18.2 Å². The summed E-state index contributed by atoms with van der Waals surface area (Å²) in [5.74, 6) is 3.37. The van der Waals surface area contributed by atoms with Crippen molar-refractivity contribution in [2.24, 2.45) is 0 Å². The van der Waals surface area contributed by atoms with E-state index in [1.807, 2.05) is 25.1 Å². The van der Waals surface area contributed by atoms with Crippen molar-refractivity contribution >= 4 is 8.07 Å². The highest BCUT2D eigenvalue weighted by molar-refractivity contribution is 6.90. The Morgan fingerprint density at radius 1 is 0.947 bits per heavy atom. The third-order valence-corrected chi connectivity index (χ3v) is 10.5. The molecule has 1 aromatic rings. The number of aromatic nitrogens is 1. The van der Waals surface area contributed by atoms with Gasteiger partial charge in [-0.1, -0.05) is 53.5 Å². The Labute approximate surface area is 119 Å². The van der Waals surface area contributed by atoms with Crippen LogP contribution >= 0.6 is 0 Å². The average molecular weight is 273 g/mol. The van der Waals surface area contributed by atoms with E-state index in [4.69, 9.17) is 0 Å². The molecule has 19 heavy (non-hydrogen) atoms. The first-order chi connectivity index (χ1) is 8.80. The van der Waals surface area contributed by atoms with Crippen LogP contribution in [0, 0.1) is 18.4 Å². The summed E-state index contributed by atoms with van der Waals surface area (Å²) in [6.07, 6.45) is 0. The van der Waals surface area contributed by atoms with Gasteiger partial charge in [-0.05, 0) is 35.7 Å². The molecule has 0 unspecified atom stereocenters. The van der Waals surface area contributed by atoms with Crippen molar-refractivity contribution in [2.75, 3.05) is 0 Å². The minimum absolute atomic E-state index is 0.671. The molecule has 0 aromatic carbocycles. The third-order valence-electron chi connectivity index (χ3n) is 4.16. The van der Waals surface area contributed by atoms with Gasteiger partial charge >= 0.3 is 0 Å². The van der Waals surface area contributed by atoms with E-state index >= 15 is 0 Å². The van der Waals surface area contributed by atoms with Crippen LogP contribution in [0.5, 0.6) is 0 Å². The lowest BCUT2D eigenvalue weighted by Gasteiger charge is -2.38. The van der Waals surface area contributed by atoms with E-state index in [2.05, 4.69) is 58.0 Å². The molecule has 104 valence electrons. The summed E-state index contributed by atoms with van der Waals surface area (Å²) in [5, 5.41) is 0. The highest BCUT2D eigenvalue weighted by atomic mass is 28.3. The van der Waals surface area contributed by atoms with Crippen LogP contribution in [-0.4, -0.2) is 13.1 Å². The van der Waals surface area contributed by atoms with Crippen LogP contribution in [0.2, 0.25) is 16.6 Å². The molecule has 0 atom stereocenters. The van der Waals surface area contributed by atoms with Crippen molar-refractivity contribution in [3.8, 4) is 11.5 Å². The molecule has 1 heterocycles. The molecule has 0 aliphatic carbocycles. The summed E-state index contributed by atoms with van der Waals surface area (Å²) in [7, 11) is -1.63. The fourth-order valence-electron chi connectivity index (χ4n) is 3.22. The molecule has 0 radical (unpaired) electrons. The van der Waals surface area contributed by atoms with Gasteiger partial charge in [0.1, 0.15) is 13.8 Å². The number of rotatable bonds is 3. The maximum Gasteiger partial charge on any atom is 0.146 e. The maximum absolute atomic E-state index is 4.50. The fraction of sp³-hybridized carbons (Fsp3) is 0.588. The molecule has 2 heteroatoms. The lowest BCUT2D eigenvalue weighted by molar-refractivity contribution is 0.838. The fourth-order valence-corrected chi connectivity index (χ4v) is 8.43. The zero-order valence-electron chi connectivity index (χ0n) is 13.4. The second-order valence-electron chi connectivity index (χ2n) is 6.31. The smallest absolute Gasteiger partial charge is 0.146 e. The van der Waals surface area contributed by atoms with E-state index in [-0.39, 0.29) is 0 Å². The van der Waals surface area contributed by atoms with Crippen LogP contribution in [0.25, 0.3) is 0 Å². The zero-order valence-corrected chi connectivity index (χ0v) is 14.4. The first-order valence-corrected chi connectivity index (χ1v) is 9.50. The molecular formula is C17H27NSi. The topological polar surface area (TPSA) is 12.9 Å². The molecule has 0 saturated heterocycles. The van der Waals surface area contributed by atoms with Gasteiger partial charge in [-0.25, -0.2) is 4.98 Å². The number of hydrogen-bond donors (Lipinski definition) is 0. The zero-order chi connectivity index (χ0) is 14.6. The summed E-state index contributed by atoms with van der Waals surface area (Å²) in [6.45, 7) is 16.0. The second-order valence-corrected chi connectivity index (χ2v) is 11.9. The summed E-state index contributed by atoms with van der Waals surface area (Å²) in [6, 6.07) is 6.07. The summed E-state index contributed by atoms with van der Waals surface area (Å²) in [4.78, 5) is 4.50. The van der Waals surface area contributed by atoms with Gasteiger partial charge in [0, 0.05) is 5.69 Å². The Balaban J connectivity index is 3.23. The van der Waals surface area contributed by atoms with Crippen molar-refractivity contribution in [3.63, 3.8) is 0 Å². The molecule has 0 saturated carbocycles. The predicted octanol–water partition coefficient (Wildman–Crippen LogP) is 4.96. The predicted molar refractivity (Wildman–Crippen MR) is 86.9 cm³/mol. The van der Waals surface area contributed by atoms with Crippen molar-refractivity contribution in [3.05, 3.63) is 29.6 Å². The van der Waals surface area contributed by atoms with Gasteiger partial charge < -0.3 is 0 Å². The van der Waals surface area contributed by atoms with E-state index < -0.39 is 8.07 Å². The number of hydrogen-bond acceptors (Lipinski definition) is 1. The molecule has 1 rings (SSSR count). The molecule has 0 aliphatic heterocycles. The second kappa shape index (κ2) is 6.39. The van der Waals surface area contributed by atoms with Crippen molar-refractivity contribution < 1.29 is 0 Å². The van der Waals surface area contributed by atoms with E-state index in [1.54, 1.807) is 0 Å². The molecule has 0 fully saturated rings. The van der Waals surface area contributed by atoms with Crippen LogP contribution < -0.4 is 0 Å². The SMILES string of the molecule is Cc1cccc(C#C[Si](C(C)C)(C(C)C)C(C)C)n1. The van der Waals surface area contributed by atoms with Crippen LogP contribution in [-0.2, 0) is 0 Å². The van der Waals surface area contributed by atoms with Gasteiger partial charge in [0.2, 0.25) is 0 Å². The maximum atomic E-state index is 4.50. The largest absolute Gasteiger partial charge is 0.245 e. The first kappa shape index (κ1) is 16.0. The summed E-state index contributed by atoms with van der Waals surface area (Å²) >= 11 is 0. The van der Waals surface area contributed by atoms with Crippen LogP contribution in [0.1, 0.15) is 52.9 Å². The van der Waals surface area contributed by atoms with E-state index in [0.717, 1.165) is 11.4 Å². The minimum Gasteiger partial charge on any atom is -0.245 e. The first-order valence-electron chi connectivity index (χ1n) is 7.27. The molecular weight excluding hydrogens is 246 g/mol. The average Bonchev–Trinajstić information content (AvgIpc) is 2.28. The number of nitrogens with zero attached hydrogens (tertiary/aromatic N) is 1. The Hall–Kier alpha value is -1.07. The lowest BCUT2D eigenvalue weighted by atomic mass is 10.3. The molecule has 0 bridgehead atoms. The van der Waals surface area contributed by atoms with Crippen LogP contribution in [0.3, 0.4) is 0 Å². The van der Waals surface area contributed by atoms with Gasteiger partial charge in [0.05, 0.1) is 0 Å². The Bertz CT molecular complexity index is 456. The normalized spacial score (nSPS) is 11.9. The van der Waals surface area contributed by atoms with Crippen molar-refractivity contribution in [1.82, 2.24) is 4.98 Å². The van der Waals surface area contributed by atoms with Crippen molar-refractivity contribution in [1.29, 1.82) is 0 Å². The number of aryl methyl sites for hydroxylation is 1. The van der Waals surface area contributed by atoms with Gasteiger partial charge in [-0.2, -0.15) is 0 Å². The van der Waals surface area contributed by atoms with Gasteiger partial charge in [-0.3, -0.25) is 0 Å². The monoisotopic (exact) mass is 273 g/mol. The van der Waals surface area contributed by atoms with E-state index in [9.17, 15) is 0 Å². The molecule has 0 amide bonds. The third kappa shape index (κ3) is 3.48. The molecule has 0 N–H and O–H groups in total. The molecule has 1 nitrogen and oxygen atoms in total. The van der Waals surface area contributed by atoms with Gasteiger partial charge in [0.25, 0.3) is 0 Å². The Kier molecular flexibility index (Phi) is 5.37. The quantitative estimate of drug-likeness (QED) is 0.560. The Morgan fingerprint density at radius 3 is 1.89 bits per heavy atom. The van der Waals surface area contributed by atoms with Crippen LogP contribution in [0.4, 0.5) is 0 Å². The molecule has 0 aliphatic rings. The molecule has 1 aromatic heterocycles. The van der Waals surface area contributed by atoms with E-state index in [0.29, 0.717) is 16.6 Å². The Morgan fingerprint density at radius 2 is 1.47 bits per heavy atom. The van der Waals surface area contributed by atoms with Crippen molar-refractivity contribution in [2.45, 2.75) is 65.1 Å². The standard InChI is InChI=1S/C17H27NSi/c1-13(2)19(14(3)4,15(5)6)12-11-17-10-8-9-16(7)18-17/h8-10,13-15H,1-7H3. The van der Waals surface area contributed by atoms with Gasteiger partial charge in [-0.15, -0.1) is 5.54 Å². The minimum atomic E-state index is -1.63. The summed E-state index contributed by atoms with van der Waals surface area (Å²) in [5.41, 5.74) is 7.67. The highest BCUT2D eigenvalue weighted by Crippen LogP contribution is 2.40. The molecule has 0 spiro atoms.